The number of methoxy groups -OCH3 is 1. The molecule has 0 aliphatic heterocycles. The van der Waals surface area contributed by atoms with Crippen molar-refractivity contribution in [2.75, 3.05) is 7.11 Å². The van der Waals surface area contributed by atoms with Gasteiger partial charge in [-0.05, 0) is 29.8 Å². The van der Waals surface area contributed by atoms with Crippen molar-refractivity contribution in [1.82, 2.24) is 15.2 Å². The summed E-state index contributed by atoms with van der Waals surface area (Å²) in [6, 6.07) is 12.5. The van der Waals surface area contributed by atoms with E-state index < -0.39 is 0 Å². The van der Waals surface area contributed by atoms with E-state index in [9.17, 15) is 4.79 Å². The monoisotopic (exact) mass is 331 g/mol. The number of aromatic nitrogens is 3. The number of nitrogens with zero attached hydrogens (tertiary/aromatic N) is 1. The molecule has 5 aromatic rings. The molecule has 3 heterocycles. The van der Waals surface area contributed by atoms with Gasteiger partial charge >= 0.3 is 0 Å². The second-order valence-corrected chi connectivity index (χ2v) is 5.83. The second-order valence-electron chi connectivity index (χ2n) is 5.83. The van der Waals surface area contributed by atoms with Crippen molar-refractivity contribution < 1.29 is 9.15 Å². The van der Waals surface area contributed by atoms with Gasteiger partial charge in [0.1, 0.15) is 16.8 Å². The van der Waals surface area contributed by atoms with Crippen molar-refractivity contribution in [2.45, 2.75) is 0 Å². The maximum atomic E-state index is 11.7. The molecule has 3 aromatic heterocycles. The predicted octanol–water partition coefficient (Wildman–Crippen LogP) is 3.83. The number of fused-ring (bicyclic) bond motifs is 4. The summed E-state index contributed by atoms with van der Waals surface area (Å²) in [5, 5.41) is 7.77. The number of pyridine rings is 1. The highest BCUT2D eigenvalue weighted by Gasteiger charge is 2.18. The lowest BCUT2D eigenvalue weighted by atomic mass is 10.0. The molecule has 0 aliphatic rings. The summed E-state index contributed by atoms with van der Waals surface area (Å²) in [5.74, 6) is 0.784. The van der Waals surface area contributed by atoms with Gasteiger partial charge in [-0.25, -0.2) is 4.98 Å². The molecule has 0 spiro atoms. The van der Waals surface area contributed by atoms with Crippen molar-refractivity contribution in [2.24, 2.45) is 0 Å². The molecule has 0 saturated heterocycles. The lowest BCUT2D eigenvalue weighted by molar-refractivity contribution is 0.415. The molecule has 0 amide bonds. The summed E-state index contributed by atoms with van der Waals surface area (Å²) < 4.78 is 11.3. The number of H-pyrrole nitrogens is 2. The van der Waals surface area contributed by atoms with Gasteiger partial charge in [-0.1, -0.05) is 12.1 Å². The number of benzene rings is 2. The van der Waals surface area contributed by atoms with Crippen LogP contribution in [-0.2, 0) is 0 Å². The molecule has 0 aliphatic carbocycles. The van der Waals surface area contributed by atoms with E-state index in [4.69, 9.17) is 9.15 Å². The van der Waals surface area contributed by atoms with Gasteiger partial charge in [-0.3, -0.25) is 9.89 Å². The molecule has 0 radical (unpaired) electrons. The van der Waals surface area contributed by atoms with Crippen LogP contribution in [0.3, 0.4) is 0 Å². The molecule has 25 heavy (non-hydrogen) atoms. The first-order chi connectivity index (χ1) is 12.2. The molecule has 0 unspecified atom stereocenters. The van der Waals surface area contributed by atoms with Crippen molar-refractivity contribution >= 4 is 33.1 Å². The van der Waals surface area contributed by atoms with Gasteiger partial charge in [-0.15, -0.1) is 0 Å². The fraction of sp³-hybridized carbons (Fsp3) is 0.0526. The largest absolute Gasteiger partial charge is 0.497 e. The summed E-state index contributed by atoms with van der Waals surface area (Å²) in [5.41, 5.74) is 4.47. The normalized spacial score (nSPS) is 11.6. The zero-order valence-corrected chi connectivity index (χ0v) is 13.3. The summed E-state index contributed by atoms with van der Waals surface area (Å²) in [6.07, 6.45) is 1.85. The Hall–Kier alpha value is -3.54. The Balaban J connectivity index is 1.94. The summed E-state index contributed by atoms with van der Waals surface area (Å²) in [6.45, 7) is 0. The minimum atomic E-state index is -0.0866. The Kier molecular flexibility index (Phi) is 2.76. The minimum Gasteiger partial charge on any atom is -0.497 e. The van der Waals surface area contributed by atoms with Crippen LogP contribution in [0.1, 0.15) is 0 Å². The molecule has 2 N–H and O–H groups in total. The molecule has 0 fully saturated rings. The lowest BCUT2D eigenvalue weighted by Crippen LogP contribution is -1.92. The van der Waals surface area contributed by atoms with Crippen LogP contribution >= 0.6 is 0 Å². The van der Waals surface area contributed by atoms with Crippen LogP contribution in [0.15, 0.2) is 57.9 Å². The summed E-state index contributed by atoms with van der Waals surface area (Å²) in [7, 11) is 1.64. The maximum absolute atomic E-state index is 11.7. The van der Waals surface area contributed by atoms with Gasteiger partial charge in [0.05, 0.1) is 7.11 Å². The molecule has 6 heteroatoms. The smallest absolute Gasteiger partial charge is 0.182 e. The fourth-order valence-corrected chi connectivity index (χ4v) is 3.21. The summed E-state index contributed by atoms with van der Waals surface area (Å²) in [4.78, 5) is 16.3. The van der Waals surface area contributed by atoms with Gasteiger partial charge in [0.25, 0.3) is 0 Å². The Morgan fingerprint density at radius 3 is 2.72 bits per heavy atom. The molecule has 5 rings (SSSR count). The van der Waals surface area contributed by atoms with Crippen molar-refractivity contribution in [1.29, 1.82) is 0 Å². The molecular weight excluding hydrogens is 318 g/mol. The first kappa shape index (κ1) is 13.9. The topological polar surface area (TPSA) is 83.9 Å². The third kappa shape index (κ3) is 1.97. The van der Waals surface area contributed by atoms with Crippen LogP contribution in [0.5, 0.6) is 5.75 Å². The number of ether oxygens (including phenoxy) is 1. The number of furan rings is 1. The molecule has 122 valence electrons. The van der Waals surface area contributed by atoms with Crippen LogP contribution in [-0.4, -0.2) is 22.3 Å². The van der Waals surface area contributed by atoms with Crippen LogP contribution in [0.2, 0.25) is 0 Å². The maximum Gasteiger partial charge on any atom is 0.182 e. The minimum absolute atomic E-state index is 0.0866. The number of hydrogen-bond acceptors (Lipinski definition) is 4. The van der Waals surface area contributed by atoms with Gasteiger partial charge in [0, 0.05) is 28.6 Å². The fourth-order valence-electron chi connectivity index (χ4n) is 3.21. The molecule has 0 saturated carbocycles. The quantitative estimate of drug-likeness (QED) is 0.515. The van der Waals surface area contributed by atoms with E-state index in [-0.39, 0.29) is 5.43 Å². The number of hydrogen-bond donors (Lipinski definition) is 2. The van der Waals surface area contributed by atoms with Gasteiger partial charge in [0.15, 0.2) is 16.7 Å². The van der Waals surface area contributed by atoms with E-state index in [1.54, 1.807) is 13.2 Å². The van der Waals surface area contributed by atoms with Crippen molar-refractivity contribution in [3.63, 3.8) is 0 Å². The molecule has 0 bridgehead atoms. The number of nitrogens with one attached hydrogen (secondary N) is 2. The second kappa shape index (κ2) is 4.98. The van der Waals surface area contributed by atoms with E-state index in [2.05, 4.69) is 15.2 Å². The first-order valence-electron chi connectivity index (χ1n) is 7.81. The van der Waals surface area contributed by atoms with Crippen LogP contribution in [0.25, 0.3) is 44.2 Å². The third-order valence-corrected chi connectivity index (χ3v) is 4.40. The SMILES string of the molecule is COc1ccc(-c2c3c[nH][nH]c3nc3c2oc2cc(=O)ccc23)cc1. The average Bonchev–Trinajstić information content (AvgIpc) is 3.23. The lowest BCUT2D eigenvalue weighted by Gasteiger charge is -2.06. The van der Waals surface area contributed by atoms with E-state index in [0.717, 1.165) is 38.8 Å². The highest BCUT2D eigenvalue weighted by atomic mass is 16.5. The summed E-state index contributed by atoms with van der Waals surface area (Å²) >= 11 is 0. The molecular formula is C19H13N3O3. The zero-order valence-electron chi connectivity index (χ0n) is 13.3. The molecule has 6 nitrogen and oxygen atoms in total. The van der Waals surface area contributed by atoms with Crippen LogP contribution < -0.4 is 10.2 Å². The van der Waals surface area contributed by atoms with Gasteiger partial charge in [-0.2, -0.15) is 0 Å². The zero-order chi connectivity index (χ0) is 17.0. The van der Waals surface area contributed by atoms with E-state index >= 15 is 0 Å². The Morgan fingerprint density at radius 2 is 1.92 bits per heavy atom. The van der Waals surface area contributed by atoms with E-state index in [1.165, 1.54) is 12.1 Å². The van der Waals surface area contributed by atoms with Crippen LogP contribution in [0, 0.1) is 0 Å². The van der Waals surface area contributed by atoms with Crippen molar-refractivity contribution in [3.05, 3.63) is 58.9 Å². The van der Waals surface area contributed by atoms with Crippen molar-refractivity contribution in [3.8, 4) is 16.9 Å². The molecule has 0 atom stereocenters. The first-order valence-corrected chi connectivity index (χ1v) is 7.81. The highest BCUT2D eigenvalue weighted by Crippen LogP contribution is 2.38. The Labute approximate surface area is 141 Å². The standard InChI is InChI=1S/C19H13N3O3/c1-24-12-5-2-10(3-6-12)16-14-9-20-22-19(14)21-17-13-7-4-11(23)8-15(13)25-18(16)17/h2-9H,1H3,(H2,20,21,22). The van der Waals surface area contributed by atoms with Gasteiger partial charge in [0.2, 0.25) is 0 Å². The number of rotatable bonds is 2. The van der Waals surface area contributed by atoms with E-state index in [1.807, 2.05) is 30.5 Å². The number of aromatic amines is 2. The van der Waals surface area contributed by atoms with Crippen LogP contribution in [0.4, 0.5) is 0 Å². The van der Waals surface area contributed by atoms with Gasteiger partial charge < -0.3 is 14.3 Å². The van der Waals surface area contributed by atoms with E-state index in [0.29, 0.717) is 11.2 Å². The predicted molar refractivity (Wildman–Crippen MR) is 96.0 cm³/mol. The highest BCUT2D eigenvalue weighted by molar-refractivity contribution is 6.14. The Morgan fingerprint density at radius 1 is 1.08 bits per heavy atom. The molecule has 2 aromatic carbocycles. The third-order valence-electron chi connectivity index (χ3n) is 4.40. The Bertz CT molecular complexity index is 1290. The average molecular weight is 331 g/mol.